The number of hydrogen-bond acceptors (Lipinski definition) is 5. The van der Waals surface area contributed by atoms with Crippen LogP contribution in [0.1, 0.15) is 24.2 Å². The lowest BCUT2D eigenvalue weighted by molar-refractivity contribution is -0.384. The third-order valence-corrected chi connectivity index (χ3v) is 2.85. The molecule has 0 heterocycles. The van der Waals surface area contributed by atoms with Gasteiger partial charge in [-0.15, -0.1) is 0 Å². The van der Waals surface area contributed by atoms with Crippen molar-refractivity contribution >= 4 is 23.3 Å². The van der Waals surface area contributed by atoms with E-state index >= 15 is 0 Å². The van der Waals surface area contributed by atoms with Gasteiger partial charge in [0.1, 0.15) is 5.69 Å². The molecule has 1 amide bonds. The first-order valence-electron chi connectivity index (χ1n) is 6.44. The van der Waals surface area contributed by atoms with Crippen LogP contribution in [0.4, 0.5) is 11.4 Å². The van der Waals surface area contributed by atoms with Crippen molar-refractivity contribution < 1.29 is 19.6 Å². The summed E-state index contributed by atoms with van der Waals surface area (Å²) < 4.78 is 0. The fourth-order valence-corrected chi connectivity index (χ4v) is 1.86. The SMILES string of the molecule is CCNC(=O)CN(CC)c1ccc(C(=O)O)cc1[N+](=O)[O-]. The van der Waals surface area contributed by atoms with Crippen molar-refractivity contribution in [1.82, 2.24) is 5.32 Å². The fraction of sp³-hybridized carbons (Fsp3) is 0.385. The number of aromatic carboxylic acids is 1. The van der Waals surface area contributed by atoms with Crippen LogP contribution in [0.5, 0.6) is 0 Å². The standard InChI is InChI=1S/C13H17N3O5/c1-3-14-12(17)8-15(4-2)10-6-5-9(13(18)19)7-11(10)16(20)21/h5-7H,3-4,8H2,1-2H3,(H,14,17)(H,18,19). The van der Waals surface area contributed by atoms with Gasteiger partial charge in [-0.05, 0) is 26.0 Å². The Balaban J connectivity index is 3.16. The number of nitro benzene ring substituents is 1. The van der Waals surface area contributed by atoms with Crippen molar-refractivity contribution in [1.29, 1.82) is 0 Å². The summed E-state index contributed by atoms with van der Waals surface area (Å²) in [4.78, 5) is 34.5. The number of benzene rings is 1. The molecule has 8 heteroatoms. The molecular weight excluding hydrogens is 278 g/mol. The van der Waals surface area contributed by atoms with E-state index in [4.69, 9.17) is 5.11 Å². The van der Waals surface area contributed by atoms with E-state index in [0.717, 1.165) is 6.07 Å². The Labute approximate surface area is 121 Å². The number of nitrogens with zero attached hydrogens (tertiary/aromatic N) is 2. The molecule has 2 N–H and O–H groups in total. The second kappa shape index (κ2) is 7.22. The number of carboxylic acids is 1. The highest BCUT2D eigenvalue weighted by Gasteiger charge is 2.22. The van der Waals surface area contributed by atoms with Crippen LogP contribution in [0.3, 0.4) is 0 Å². The smallest absolute Gasteiger partial charge is 0.335 e. The maximum absolute atomic E-state index is 11.6. The van der Waals surface area contributed by atoms with Gasteiger partial charge in [-0.3, -0.25) is 14.9 Å². The normalized spacial score (nSPS) is 10.0. The van der Waals surface area contributed by atoms with E-state index in [1.165, 1.54) is 17.0 Å². The summed E-state index contributed by atoms with van der Waals surface area (Å²) in [6.45, 7) is 4.35. The van der Waals surface area contributed by atoms with E-state index in [2.05, 4.69) is 5.32 Å². The zero-order chi connectivity index (χ0) is 16.0. The fourth-order valence-electron chi connectivity index (χ4n) is 1.86. The second-order valence-electron chi connectivity index (χ2n) is 4.23. The van der Waals surface area contributed by atoms with Crippen molar-refractivity contribution in [2.45, 2.75) is 13.8 Å². The van der Waals surface area contributed by atoms with Gasteiger partial charge in [0.25, 0.3) is 5.69 Å². The first-order chi connectivity index (χ1) is 9.90. The summed E-state index contributed by atoms with van der Waals surface area (Å²) in [5.41, 5.74) is -0.278. The molecule has 0 saturated heterocycles. The molecule has 0 aromatic heterocycles. The first-order valence-corrected chi connectivity index (χ1v) is 6.44. The second-order valence-corrected chi connectivity index (χ2v) is 4.23. The quantitative estimate of drug-likeness (QED) is 0.578. The van der Waals surface area contributed by atoms with Crippen LogP contribution in [0.15, 0.2) is 18.2 Å². The Kier molecular flexibility index (Phi) is 5.65. The highest BCUT2D eigenvalue weighted by molar-refractivity contribution is 5.90. The summed E-state index contributed by atoms with van der Waals surface area (Å²) >= 11 is 0. The average molecular weight is 295 g/mol. The zero-order valence-electron chi connectivity index (χ0n) is 11.8. The molecule has 1 aromatic carbocycles. The maximum Gasteiger partial charge on any atom is 0.335 e. The Morgan fingerprint density at radius 2 is 2.05 bits per heavy atom. The van der Waals surface area contributed by atoms with Crippen LogP contribution in [0.25, 0.3) is 0 Å². The van der Waals surface area contributed by atoms with Gasteiger partial charge >= 0.3 is 5.97 Å². The van der Waals surface area contributed by atoms with Gasteiger partial charge in [0.2, 0.25) is 5.91 Å². The number of nitro groups is 1. The summed E-state index contributed by atoms with van der Waals surface area (Å²) in [6.07, 6.45) is 0. The maximum atomic E-state index is 11.6. The average Bonchev–Trinajstić information content (AvgIpc) is 2.44. The molecule has 21 heavy (non-hydrogen) atoms. The molecule has 0 atom stereocenters. The van der Waals surface area contributed by atoms with E-state index in [0.29, 0.717) is 13.1 Å². The number of carbonyl (C=O) groups excluding carboxylic acids is 1. The molecule has 0 spiro atoms. The van der Waals surface area contributed by atoms with Gasteiger partial charge in [-0.25, -0.2) is 4.79 Å². The van der Waals surface area contributed by atoms with Gasteiger partial charge in [-0.1, -0.05) is 0 Å². The lowest BCUT2D eigenvalue weighted by Gasteiger charge is -2.22. The van der Waals surface area contributed by atoms with Crippen molar-refractivity contribution in [2.75, 3.05) is 24.5 Å². The number of rotatable bonds is 7. The van der Waals surface area contributed by atoms with Crippen LogP contribution in [-0.4, -0.2) is 41.5 Å². The van der Waals surface area contributed by atoms with Gasteiger partial charge in [0.05, 0.1) is 17.0 Å². The summed E-state index contributed by atoms with van der Waals surface area (Å²) in [7, 11) is 0. The van der Waals surface area contributed by atoms with Crippen molar-refractivity contribution in [3.63, 3.8) is 0 Å². The Morgan fingerprint density at radius 3 is 2.52 bits per heavy atom. The van der Waals surface area contributed by atoms with E-state index in [-0.39, 0.29) is 29.4 Å². The third kappa shape index (κ3) is 4.16. The zero-order valence-corrected chi connectivity index (χ0v) is 11.8. The number of nitrogens with one attached hydrogen (secondary N) is 1. The predicted molar refractivity (Wildman–Crippen MR) is 76.6 cm³/mol. The molecule has 0 aliphatic carbocycles. The molecule has 0 aliphatic heterocycles. The molecule has 1 rings (SSSR count). The molecule has 1 aromatic rings. The highest BCUT2D eigenvalue weighted by Crippen LogP contribution is 2.29. The summed E-state index contributed by atoms with van der Waals surface area (Å²) in [6, 6.07) is 3.63. The largest absolute Gasteiger partial charge is 0.478 e. The molecule has 114 valence electrons. The molecule has 8 nitrogen and oxygen atoms in total. The van der Waals surface area contributed by atoms with Crippen molar-refractivity contribution in [3.8, 4) is 0 Å². The van der Waals surface area contributed by atoms with E-state index < -0.39 is 10.9 Å². The molecule has 0 saturated carbocycles. The van der Waals surface area contributed by atoms with Crippen LogP contribution < -0.4 is 10.2 Å². The van der Waals surface area contributed by atoms with Gasteiger partial charge in [0, 0.05) is 19.2 Å². The lowest BCUT2D eigenvalue weighted by Crippen LogP contribution is -2.37. The monoisotopic (exact) mass is 295 g/mol. The Bertz CT molecular complexity index is 559. The minimum Gasteiger partial charge on any atom is -0.478 e. The predicted octanol–water partition coefficient (Wildman–Crippen LogP) is 1.26. The van der Waals surface area contributed by atoms with Crippen LogP contribution in [0, 0.1) is 10.1 Å². The minimum absolute atomic E-state index is 0.0302. The minimum atomic E-state index is -1.24. The molecule has 0 fully saturated rings. The number of amides is 1. The Morgan fingerprint density at radius 1 is 1.38 bits per heavy atom. The van der Waals surface area contributed by atoms with Crippen LogP contribution in [0.2, 0.25) is 0 Å². The number of carboxylic acid groups (broad SMARTS) is 1. The number of carbonyl (C=O) groups is 2. The molecular formula is C13H17N3O5. The van der Waals surface area contributed by atoms with E-state index in [1.54, 1.807) is 13.8 Å². The number of hydrogen-bond donors (Lipinski definition) is 2. The molecule has 0 unspecified atom stereocenters. The molecule has 0 aliphatic rings. The first kappa shape index (κ1) is 16.4. The van der Waals surface area contributed by atoms with Crippen molar-refractivity contribution in [2.24, 2.45) is 0 Å². The topological polar surface area (TPSA) is 113 Å². The van der Waals surface area contributed by atoms with E-state index in [9.17, 15) is 19.7 Å². The van der Waals surface area contributed by atoms with Gasteiger partial charge < -0.3 is 15.3 Å². The summed E-state index contributed by atoms with van der Waals surface area (Å²) in [5.74, 6) is -1.49. The number of likely N-dealkylation sites (N-methyl/N-ethyl adjacent to an activating group) is 2. The molecule has 0 bridgehead atoms. The highest BCUT2D eigenvalue weighted by atomic mass is 16.6. The third-order valence-electron chi connectivity index (χ3n) is 2.85. The lowest BCUT2D eigenvalue weighted by atomic mass is 10.1. The van der Waals surface area contributed by atoms with Gasteiger partial charge in [0.15, 0.2) is 0 Å². The Hall–Kier alpha value is -2.64. The van der Waals surface area contributed by atoms with Crippen LogP contribution in [-0.2, 0) is 4.79 Å². The summed E-state index contributed by atoms with van der Waals surface area (Å²) in [5, 5.41) is 22.6. The van der Waals surface area contributed by atoms with Gasteiger partial charge in [-0.2, -0.15) is 0 Å². The van der Waals surface area contributed by atoms with Crippen LogP contribution >= 0.6 is 0 Å². The molecule has 0 radical (unpaired) electrons. The number of anilines is 1. The van der Waals surface area contributed by atoms with E-state index in [1.807, 2.05) is 0 Å². The van der Waals surface area contributed by atoms with Crippen molar-refractivity contribution in [3.05, 3.63) is 33.9 Å².